The molecule has 0 saturated heterocycles. The Kier molecular flexibility index (Phi) is 14.4. The maximum Gasteiger partial charge on any atom is 0.326 e. The molecule has 0 radical (unpaired) electrons. The Morgan fingerprint density at radius 1 is 0.311 bits per heavy atom. The predicted octanol–water partition coefficient (Wildman–Crippen LogP) is 19.1. The molecule has 0 aromatic heterocycles. The summed E-state index contributed by atoms with van der Waals surface area (Å²) >= 11 is 0. The van der Waals surface area contributed by atoms with Crippen molar-refractivity contribution in [2.75, 3.05) is 0 Å². The van der Waals surface area contributed by atoms with Crippen molar-refractivity contribution < 1.29 is 18.1 Å². The minimum atomic E-state index is -1.61. The third kappa shape index (κ3) is 10.6. The molecular formula is C68H88O4P2. The van der Waals surface area contributed by atoms with E-state index in [2.05, 4.69) is 274 Å². The van der Waals surface area contributed by atoms with Crippen molar-refractivity contribution in [3.05, 3.63) is 166 Å². The van der Waals surface area contributed by atoms with Crippen molar-refractivity contribution in [3.8, 4) is 34.1 Å². The molecule has 8 aliphatic heterocycles. The Hall–Kier alpha value is -4.62. The van der Waals surface area contributed by atoms with Crippen LogP contribution < -0.4 is 28.7 Å². The molecular weight excluding hydrogens is 943 g/mol. The van der Waals surface area contributed by atoms with Crippen molar-refractivity contribution >= 4 is 27.4 Å². The first-order valence-corrected chi connectivity index (χ1v) is 29.5. The quantitative estimate of drug-likeness (QED) is 0.166. The molecule has 394 valence electrons. The maximum absolute atomic E-state index is 7.22. The average Bonchev–Trinajstić information content (AvgIpc) is 3.31. The fraction of sp³-hybridized carbons (Fsp3) is 0.471. The molecule has 8 aliphatic rings. The Morgan fingerprint density at radius 2 is 0.514 bits per heavy atom. The van der Waals surface area contributed by atoms with Gasteiger partial charge in [-0.05, 0) is 137 Å². The van der Waals surface area contributed by atoms with Gasteiger partial charge in [0.15, 0.2) is 0 Å². The minimum absolute atomic E-state index is 0.117. The van der Waals surface area contributed by atoms with Crippen LogP contribution in [0.15, 0.2) is 121 Å². The summed E-state index contributed by atoms with van der Waals surface area (Å²) in [6.07, 6.45) is 0. The van der Waals surface area contributed by atoms with Gasteiger partial charge in [0, 0.05) is 22.3 Å². The molecule has 0 saturated carbocycles. The van der Waals surface area contributed by atoms with Gasteiger partial charge in [0.2, 0.25) is 0 Å². The molecule has 0 atom stereocenters. The second-order valence-corrected chi connectivity index (χ2v) is 30.9. The van der Waals surface area contributed by atoms with E-state index in [1.807, 2.05) is 0 Å². The summed E-state index contributed by atoms with van der Waals surface area (Å²) in [6.45, 7) is 51.5. The van der Waals surface area contributed by atoms with E-state index in [1.165, 1.54) is 44.5 Å². The third-order valence-electron chi connectivity index (χ3n) is 17.7. The fourth-order valence-corrected chi connectivity index (χ4v) is 14.0. The van der Waals surface area contributed by atoms with Crippen LogP contribution in [0.2, 0.25) is 0 Å². The van der Waals surface area contributed by atoms with Crippen molar-refractivity contribution in [3.63, 3.8) is 0 Å². The molecule has 0 fully saturated rings. The van der Waals surface area contributed by atoms with Gasteiger partial charge in [-0.3, -0.25) is 0 Å². The summed E-state index contributed by atoms with van der Waals surface area (Å²) in [5.41, 5.74) is 11.1. The molecule has 8 bridgehead atoms. The van der Waals surface area contributed by atoms with E-state index >= 15 is 0 Å². The SMILES string of the molecule is CC1C(C)(C)c2ccc(c(C(C)(C)C)c2)OP(c2ccc(-c3ccc(P4Oc5ccc(cc5C(C)(C)C)C(C)(C)C(C)C(C)(C)c5ccc(c(C(C)(C)C)c5)O4)cc3)cc2)Oc2ccc(cc2C(C)(C)C)C1(C)C. The van der Waals surface area contributed by atoms with Crippen LogP contribution in [0.5, 0.6) is 23.0 Å². The van der Waals surface area contributed by atoms with Gasteiger partial charge in [0.25, 0.3) is 0 Å². The van der Waals surface area contributed by atoms with E-state index in [9.17, 15) is 0 Å². The Bertz CT molecular complexity index is 2650. The zero-order valence-corrected chi connectivity index (χ0v) is 51.0. The second-order valence-electron chi connectivity index (χ2n) is 28.1. The highest BCUT2D eigenvalue weighted by Gasteiger charge is 2.44. The van der Waals surface area contributed by atoms with Crippen LogP contribution in [0.25, 0.3) is 11.1 Å². The molecule has 74 heavy (non-hydrogen) atoms. The summed E-state index contributed by atoms with van der Waals surface area (Å²) in [6, 6.07) is 45.1. The highest BCUT2D eigenvalue weighted by Crippen LogP contribution is 2.54. The lowest BCUT2D eigenvalue weighted by molar-refractivity contribution is 0.220. The molecule has 0 N–H and O–H groups in total. The number of benzene rings is 6. The molecule has 4 nitrogen and oxygen atoms in total. The number of hydrogen-bond acceptors (Lipinski definition) is 4. The van der Waals surface area contributed by atoms with Gasteiger partial charge in [-0.15, -0.1) is 0 Å². The number of hydrogen-bond donors (Lipinski definition) is 0. The minimum Gasteiger partial charge on any atom is -0.435 e. The Labute approximate surface area is 450 Å². The topological polar surface area (TPSA) is 36.9 Å². The second kappa shape index (κ2) is 19.1. The zero-order chi connectivity index (χ0) is 54.5. The molecule has 6 heteroatoms. The molecule has 0 amide bonds. The molecule has 0 unspecified atom stereocenters. The summed E-state index contributed by atoms with van der Waals surface area (Å²) in [5, 5.41) is 2.00. The molecule has 6 aromatic rings. The van der Waals surface area contributed by atoms with E-state index in [0.717, 1.165) is 44.7 Å². The van der Waals surface area contributed by atoms with Crippen molar-refractivity contribution in [1.29, 1.82) is 0 Å². The highest BCUT2D eigenvalue weighted by molar-refractivity contribution is 7.57. The van der Waals surface area contributed by atoms with Crippen LogP contribution in [0.3, 0.4) is 0 Å². The van der Waals surface area contributed by atoms with Gasteiger partial charge in [-0.25, -0.2) is 0 Å². The van der Waals surface area contributed by atoms with Gasteiger partial charge in [0.05, 0.1) is 10.6 Å². The standard InChI is InChI=1S/C68H88O4P2/c1-43-65(15,16)47-27-35-57(53(39-47)61(3,4)5)69-73(70-58-36-28-48(66(43,17)18)40-54(58)62(6,7)8)51-31-23-45(24-32-51)46-25-33-52(34-26-46)74-71-59-37-29-49(41-55(59)63(9,10)11)67(19,20)44(2)68(21,22)50-30-38-60(72-74)56(42-50)64(12,13)14/h23-44H,1-22H3. The summed E-state index contributed by atoms with van der Waals surface area (Å²) in [4.78, 5) is 0. The fourth-order valence-electron chi connectivity index (χ4n) is 11.3. The van der Waals surface area contributed by atoms with Crippen molar-refractivity contribution in [2.45, 2.75) is 196 Å². The molecule has 0 spiro atoms. The Morgan fingerprint density at radius 3 is 0.703 bits per heavy atom. The van der Waals surface area contributed by atoms with Crippen molar-refractivity contribution in [1.82, 2.24) is 0 Å². The average molecular weight is 1030 g/mol. The third-order valence-corrected chi connectivity index (χ3v) is 20.6. The lowest BCUT2D eigenvalue weighted by atomic mass is 9.60. The van der Waals surface area contributed by atoms with Crippen LogP contribution in [-0.4, -0.2) is 0 Å². The van der Waals surface area contributed by atoms with Gasteiger partial charge < -0.3 is 18.1 Å². The van der Waals surface area contributed by atoms with Gasteiger partial charge >= 0.3 is 16.8 Å². The largest absolute Gasteiger partial charge is 0.435 e. The smallest absolute Gasteiger partial charge is 0.326 e. The molecule has 6 aromatic carbocycles. The van der Waals surface area contributed by atoms with Gasteiger partial charge in [-0.1, -0.05) is 225 Å². The summed E-state index contributed by atoms with van der Waals surface area (Å²) in [7, 11) is -3.22. The first kappa shape index (κ1) is 55.6. The van der Waals surface area contributed by atoms with E-state index < -0.39 is 16.8 Å². The zero-order valence-electron chi connectivity index (χ0n) is 49.2. The lowest BCUT2D eigenvalue weighted by Gasteiger charge is -2.44. The summed E-state index contributed by atoms with van der Waals surface area (Å²) in [5.74, 6) is 4.11. The predicted molar refractivity (Wildman–Crippen MR) is 318 cm³/mol. The maximum atomic E-state index is 7.22. The molecule has 0 aliphatic carbocycles. The first-order valence-electron chi connectivity index (χ1n) is 27.1. The van der Waals surface area contributed by atoms with Crippen LogP contribution in [0.4, 0.5) is 0 Å². The van der Waals surface area contributed by atoms with Crippen LogP contribution in [0, 0.1) is 11.8 Å². The van der Waals surface area contributed by atoms with Crippen LogP contribution in [0.1, 0.15) is 197 Å². The number of rotatable bonds is 3. The van der Waals surface area contributed by atoms with E-state index in [-0.39, 0.29) is 43.3 Å². The van der Waals surface area contributed by atoms with Crippen LogP contribution in [-0.2, 0) is 43.3 Å². The van der Waals surface area contributed by atoms with Gasteiger partial charge in [-0.2, -0.15) is 0 Å². The summed E-state index contributed by atoms with van der Waals surface area (Å²) < 4.78 is 28.9. The monoisotopic (exact) mass is 1030 g/mol. The van der Waals surface area contributed by atoms with E-state index in [4.69, 9.17) is 18.1 Å². The van der Waals surface area contributed by atoms with Crippen molar-refractivity contribution in [2.24, 2.45) is 11.8 Å². The van der Waals surface area contributed by atoms with Crippen LogP contribution >= 0.6 is 16.8 Å². The van der Waals surface area contributed by atoms with Gasteiger partial charge in [0.1, 0.15) is 23.0 Å². The lowest BCUT2D eigenvalue weighted by Crippen LogP contribution is -2.40. The van der Waals surface area contributed by atoms with E-state index in [0.29, 0.717) is 11.8 Å². The molecule has 14 rings (SSSR count). The molecule has 8 heterocycles. The normalized spacial score (nSPS) is 21.4. The first-order chi connectivity index (χ1) is 34.0. The highest BCUT2D eigenvalue weighted by atomic mass is 31.2. The van der Waals surface area contributed by atoms with E-state index in [1.54, 1.807) is 0 Å². The Balaban J connectivity index is 1.19.